The van der Waals surface area contributed by atoms with E-state index in [2.05, 4.69) is 62.9 Å². The van der Waals surface area contributed by atoms with Gasteiger partial charge in [-0.2, -0.15) is 0 Å². The van der Waals surface area contributed by atoms with Crippen molar-refractivity contribution in [3.63, 3.8) is 0 Å². The molecule has 1 aromatic carbocycles. The summed E-state index contributed by atoms with van der Waals surface area (Å²) in [6.07, 6.45) is 3.54. The Morgan fingerprint density at radius 2 is 1.89 bits per heavy atom. The van der Waals surface area contributed by atoms with Crippen molar-refractivity contribution in [2.45, 2.75) is 40.2 Å². The molecule has 1 aromatic rings. The summed E-state index contributed by atoms with van der Waals surface area (Å²) in [5.41, 5.74) is 10.5. The monoisotopic (exact) mass is 258 g/mol. The molecule has 1 atom stereocenters. The van der Waals surface area contributed by atoms with Crippen LogP contribution in [0.4, 0.5) is 5.69 Å². The third-order valence-corrected chi connectivity index (χ3v) is 3.94. The molecule has 2 heteroatoms. The summed E-state index contributed by atoms with van der Waals surface area (Å²) >= 11 is 0. The third kappa shape index (κ3) is 3.19. The number of nitrogens with two attached hydrogens (primary N) is 1. The van der Waals surface area contributed by atoms with Gasteiger partial charge in [-0.25, -0.2) is 0 Å². The van der Waals surface area contributed by atoms with Crippen LogP contribution in [0.1, 0.15) is 45.7 Å². The molecule has 0 aromatic heterocycles. The molecule has 104 valence electrons. The molecule has 1 unspecified atom stereocenters. The Hall–Kier alpha value is -1.28. The van der Waals surface area contributed by atoms with Crippen LogP contribution in [-0.4, -0.2) is 13.1 Å². The average molecular weight is 258 g/mol. The van der Waals surface area contributed by atoms with E-state index in [0.717, 1.165) is 19.5 Å². The first-order valence-corrected chi connectivity index (χ1v) is 7.18. The van der Waals surface area contributed by atoms with Gasteiger partial charge in [0.15, 0.2) is 0 Å². The largest absolute Gasteiger partial charge is 0.367 e. The zero-order valence-electron chi connectivity index (χ0n) is 12.6. The molecule has 0 amide bonds. The molecule has 0 saturated carbocycles. The quantitative estimate of drug-likeness (QED) is 0.815. The molecular formula is C17H26N2. The van der Waals surface area contributed by atoms with E-state index in [1.165, 1.54) is 11.3 Å². The first-order chi connectivity index (χ1) is 8.89. The second-order valence-electron chi connectivity index (χ2n) is 6.52. The fourth-order valence-corrected chi connectivity index (χ4v) is 2.73. The average Bonchev–Trinajstić information content (AvgIpc) is 2.38. The van der Waals surface area contributed by atoms with E-state index < -0.39 is 0 Å². The number of anilines is 1. The minimum Gasteiger partial charge on any atom is -0.367 e. The van der Waals surface area contributed by atoms with E-state index in [9.17, 15) is 0 Å². The van der Waals surface area contributed by atoms with Crippen LogP contribution >= 0.6 is 0 Å². The van der Waals surface area contributed by atoms with Crippen LogP contribution in [0.25, 0.3) is 0 Å². The molecule has 1 aliphatic rings. The summed E-state index contributed by atoms with van der Waals surface area (Å²) in [4.78, 5) is 2.44. The minimum absolute atomic E-state index is 0.0872. The number of rotatable bonds is 2. The molecular weight excluding hydrogens is 232 g/mol. The van der Waals surface area contributed by atoms with Crippen molar-refractivity contribution in [2.24, 2.45) is 11.1 Å². The highest BCUT2D eigenvalue weighted by molar-refractivity contribution is 5.56. The van der Waals surface area contributed by atoms with E-state index in [4.69, 9.17) is 5.73 Å². The molecule has 0 radical (unpaired) electrons. The Morgan fingerprint density at radius 1 is 1.21 bits per heavy atom. The van der Waals surface area contributed by atoms with Crippen LogP contribution in [0.2, 0.25) is 0 Å². The Labute approximate surface area is 117 Å². The fraction of sp³-hybridized carbons (Fsp3) is 0.529. The maximum atomic E-state index is 6.08. The van der Waals surface area contributed by atoms with Gasteiger partial charge in [0.05, 0.1) is 0 Å². The fourth-order valence-electron chi connectivity index (χ4n) is 2.73. The van der Waals surface area contributed by atoms with Gasteiger partial charge >= 0.3 is 0 Å². The molecule has 0 spiro atoms. The lowest BCUT2D eigenvalue weighted by Gasteiger charge is -2.34. The molecule has 2 nitrogen and oxygen atoms in total. The van der Waals surface area contributed by atoms with Gasteiger partial charge in [-0.15, -0.1) is 0 Å². The molecule has 2 rings (SSSR count). The van der Waals surface area contributed by atoms with E-state index in [-0.39, 0.29) is 6.04 Å². The molecule has 1 aliphatic heterocycles. The molecule has 0 aliphatic carbocycles. The first-order valence-electron chi connectivity index (χ1n) is 7.18. The third-order valence-electron chi connectivity index (χ3n) is 3.94. The maximum absolute atomic E-state index is 6.08. The van der Waals surface area contributed by atoms with Gasteiger partial charge in [-0.1, -0.05) is 50.6 Å². The van der Waals surface area contributed by atoms with Crippen LogP contribution in [0.15, 0.2) is 35.9 Å². The highest BCUT2D eigenvalue weighted by atomic mass is 15.1. The summed E-state index contributed by atoms with van der Waals surface area (Å²) < 4.78 is 0. The summed E-state index contributed by atoms with van der Waals surface area (Å²) in [5.74, 6) is 0. The number of benzene rings is 1. The van der Waals surface area contributed by atoms with Crippen molar-refractivity contribution in [3.8, 4) is 0 Å². The Morgan fingerprint density at radius 3 is 2.42 bits per heavy atom. The van der Waals surface area contributed by atoms with Crippen LogP contribution in [0.5, 0.6) is 0 Å². The predicted octanol–water partition coefficient (Wildman–Crippen LogP) is 3.89. The van der Waals surface area contributed by atoms with E-state index in [0.29, 0.717) is 5.41 Å². The second kappa shape index (κ2) is 5.38. The van der Waals surface area contributed by atoms with Gasteiger partial charge in [0.25, 0.3) is 0 Å². The highest BCUT2D eigenvalue weighted by Gasteiger charge is 2.22. The van der Waals surface area contributed by atoms with Crippen molar-refractivity contribution in [3.05, 3.63) is 41.5 Å². The number of hydrogen-bond donors (Lipinski definition) is 1. The number of nitrogens with zero attached hydrogens (tertiary/aromatic N) is 1. The lowest BCUT2D eigenvalue weighted by molar-refractivity contribution is 0.472. The van der Waals surface area contributed by atoms with Crippen molar-refractivity contribution in [1.29, 1.82) is 0 Å². The summed E-state index contributed by atoms with van der Waals surface area (Å²) in [6.45, 7) is 11.0. The minimum atomic E-state index is 0.0872. The van der Waals surface area contributed by atoms with Crippen molar-refractivity contribution in [2.75, 3.05) is 18.0 Å². The number of para-hydroxylation sites is 1. The van der Waals surface area contributed by atoms with Gasteiger partial charge in [0, 0.05) is 24.8 Å². The Balaban J connectivity index is 2.21. The SMILES string of the molecule is CC(N)c1ccccc1N1CC=C(C(C)(C)C)CC1. The molecule has 2 N–H and O–H groups in total. The van der Waals surface area contributed by atoms with Crippen LogP contribution in [0.3, 0.4) is 0 Å². The normalized spacial score (nSPS) is 18.2. The van der Waals surface area contributed by atoms with E-state index in [1.807, 2.05) is 0 Å². The summed E-state index contributed by atoms with van der Waals surface area (Å²) in [5, 5.41) is 0. The zero-order valence-corrected chi connectivity index (χ0v) is 12.6. The smallest absolute Gasteiger partial charge is 0.0417 e. The van der Waals surface area contributed by atoms with Crippen LogP contribution < -0.4 is 10.6 Å². The van der Waals surface area contributed by atoms with E-state index in [1.54, 1.807) is 5.57 Å². The summed E-state index contributed by atoms with van der Waals surface area (Å²) in [7, 11) is 0. The van der Waals surface area contributed by atoms with Gasteiger partial charge in [-0.05, 0) is 30.4 Å². The van der Waals surface area contributed by atoms with Gasteiger partial charge in [0.1, 0.15) is 0 Å². The Bertz CT molecular complexity index is 466. The zero-order chi connectivity index (χ0) is 14.0. The second-order valence-corrected chi connectivity index (χ2v) is 6.52. The van der Waals surface area contributed by atoms with Gasteiger partial charge < -0.3 is 10.6 Å². The number of hydrogen-bond acceptors (Lipinski definition) is 2. The highest BCUT2D eigenvalue weighted by Crippen LogP contribution is 2.33. The topological polar surface area (TPSA) is 29.3 Å². The molecule has 19 heavy (non-hydrogen) atoms. The molecule has 0 bridgehead atoms. The van der Waals surface area contributed by atoms with Crippen molar-refractivity contribution < 1.29 is 0 Å². The predicted molar refractivity (Wildman–Crippen MR) is 83.4 cm³/mol. The molecule has 0 saturated heterocycles. The van der Waals surface area contributed by atoms with Crippen LogP contribution in [0, 0.1) is 5.41 Å². The standard InChI is InChI=1S/C17H26N2/c1-13(18)15-7-5-6-8-16(15)19-11-9-14(10-12-19)17(2,3)4/h5-9,13H,10-12,18H2,1-4H3. The lowest BCUT2D eigenvalue weighted by Crippen LogP contribution is -2.32. The first kappa shape index (κ1) is 14.1. The molecule has 0 fully saturated rings. The van der Waals surface area contributed by atoms with Crippen LogP contribution in [-0.2, 0) is 0 Å². The maximum Gasteiger partial charge on any atom is 0.0417 e. The van der Waals surface area contributed by atoms with E-state index >= 15 is 0 Å². The van der Waals surface area contributed by atoms with Crippen molar-refractivity contribution >= 4 is 5.69 Å². The van der Waals surface area contributed by atoms with Crippen molar-refractivity contribution in [1.82, 2.24) is 0 Å². The lowest BCUT2D eigenvalue weighted by atomic mass is 9.83. The van der Waals surface area contributed by atoms with Gasteiger partial charge in [0.2, 0.25) is 0 Å². The Kier molecular flexibility index (Phi) is 4.00. The summed E-state index contributed by atoms with van der Waals surface area (Å²) in [6, 6.07) is 8.59. The molecule has 1 heterocycles. The van der Waals surface area contributed by atoms with Gasteiger partial charge in [-0.3, -0.25) is 0 Å².